The van der Waals surface area contributed by atoms with Gasteiger partial charge in [0.05, 0.1) is 28.9 Å². The Hall–Kier alpha value is -3.91. The lowest BCUT2D eigenvalue weighted by molar-refractivity contribution is 0.102. The Morgan fingerprint density at radius 2 is 1.59 bits per heavy atom. The molecular formula is C24H19FN2O4S. The summed E-state index contributed by atoms with van der Waals surface area (Å²) in [6.45, 7) is 0. The lowest BCUT2D eigenvalue weighted by Crippen LogP contribution is -2.16. The van der Waals surface area contributed by atoms with E-state index < -0.39 is 21.7 Å². The van der Waals surface area contributed by atoms with Crippen LogP contribution < -0.4 is 14.8 Å². The van der Waals surface area contributed by atoms with Gasteiger partial charge in [-0.1, -0.05) is 48.5 Å². The predicted octanol–water partition coefficient (Wildman–Crippen LogP) is 5.04. The molecule has 8 heteroatoms. The summed E-state index contributed by atoms with van der Waals surface area (Å²) in [6, 6.07) is 22.3. The quantitative estimate of drug-likeness (QED) is 0.431. The summed E-state index contributed by atoms with van der Waals surface area (Å²) in [4.78, 5) is 12.4. The number of methoxy groups -OCH3 is 1. The summed E-state index contributed by atoms with van der Waals surface area (Å²) in [5, 5.41) is 4.17. The van der Waals surface area contributed by atoms with E-state index in [1.165, 1.54) is 49.6 Å². The predicted molar refractivity (Wildman–Crippen MR) is 122 cm³/mol. The molecule has 0 saturated heterocycles. The van der Waals surface area contributed by atoms with Crippen molar-refractivity contribution >= 4 is 38.1 Å². The monoisotopic (exact) mass is 450 g/mol. The van der Waals surface area contributed by atoms with Crippen molar-refractivity contribution in [1.29, 1.82) is 0 Å². The molecule has 0 radical (unpaired) electrons. The zero-order valence-electron chi connectivity index (χ0n) is 17.0. The zero-order valence-corrected chi connectivity index (χ0v) is 17.8. The molecule has 4 aromatic rings. The molecule has 4 rings (SSSR count). The second kappa shape index (κ2) is 8.68. The van der Waals surface area contributed by atoms with Crippen molar-refractivity contribution < 1.29 is 22.3 Å². The average Bonchev–Trinajstić information content (AvgIpc) is 2.79. The Morgan fingerprint density at radius 1 is 0.875 bits per heavy atom. The maximum Gasteiger partial charge on any atom is 0.261 e. The highest BCUT2D eigenvalue weighted by Gasteiger charge is 2.20. The fraction of sp³-hybridized carbons (Fsp3) is 0.0417. The first-order valence-electron chi connectivity index (χ1n) is 9.63. The molecule has 0 aromatic heterocycles. The van der Waals surface area contributed by atoms with Crippen molar-refractivity contribution in [3.63, 3.8) is 0 Å². The fourth-order valence-corrected chi connectivity index (χ4v) is 4.41. The van der Waals surface area contributed by atoms with Gasteiger partial charge in [-0.15, -0.1) is 0 Å². The second-order valence-electron chi connectivity index (χ2n) is 6.93. The minimum atomic E-state index is -3.99. The maximum absolute atomic E-state index is 14.0. The molecule has 0 aliphatic carbocycles. The van der Waals surface area contributed by atoms with Crippen LogP contribution in [-0.4, -0.2) is 21.4 Å². The van der Waals surface area contributed by atoms with Crippen LogP contribution in [0.25, 0.3) is 10.8 Å². The number of fused-ring (bicyclic) bond motifs is 1. The smallest absolute Gasteiger partial charge is 0.261 e. The molecule has 0 spiro atoms. The lowest BCUT2D eigenvalue weighted by atomic mass is 10.1. The summed E-state index contributed by atoms with van der Waals surface area (Å²) in [6.07, 6.45) is 0. The van der Waals surface area contributed by atoms with Gasteiger partial charge in [-0.2, -0.15) is 0 Å². The van der Waals surface area contributed by atoms with Crippen molar-refractivity contribution in [2.45, 2.75) is 4.90 Å². The second-order valence-corrected chi connectivity index (χ2v) is 8.61. The Kier molecular flexibility index (Phi) is 5.79. The van der Waals surface area contributed by atoms with E-state index in [2.05, 4.69) is 10.0 Å². The maximum atomic E-state index is 14.0. The van der Waals surface area contributed by atoms with Gasteiger partial charge in [0.2, 0.25) is 0 Å². The molecule has 0 aliphatic heterocycles. The van der Waals surface area contributed by atoms with Crippen LogP contribution in [0.5, 0.6) is 5.75 Å². The normalized spacial score (nSPS) is 11.2. The number of sulfonamides is 1. The number of carbonyl (C=O) groups is 1. The Morgan fingerprint density at radius 3 is 2.38 bits per heavy atom. The van der Waals surface area contributed by atoms with Crippen LogP contribution in [0.1, 0.15) is 10.4 Å². The first-order valence-corrected chi connectivity index (χ1v) is 11.1. The van der Waals surface area contributed by atoms with Crippen LogP contribution in [0.3, 0.4) is 0 Å². The first kappa shape index (κ1) is 21.3. The number of benzene rings is 4. The summed E-state index contributed by atoms with van der Waals surface area (Å²) in [5.74, 6) is -1.18. The van der Waals surface area contributed by atoms with Crippen LogP contribution in [0.2, 0.25) is 0 Å². The molecule has 0 atom stereocenters. The Labute approximate surface area is 184 Å². The standard InChI is InChI=1S/C24H19FN2O4S/c1-31-23-14-13-17(15-22(23)26-24(28)19-10-4-5-11-20(19)25)32(29,30)27-21-12-6-8-16-7-2-3-9-18(16)21/h2-15,27H,1H3,(H,26,28). The number of anilines is 2. The molecule has 0 aliphatic rings. The van der Waals surface area contributed by atoms with Crippen LogP contribution >= 0.6 is 0 Å². The van der Waals surface area contributed by atoms with Gasteiger partial charge in [0.25, 0.3) is 15.9 Å². The number of nitrogens with one attached hydrogen (secondary N) is 2. The van der Waals surface area contributed by atoms with E-state index in [4.69, 9.17) is 4.74 Å². The van der Waals surface area contributed by atoms with E-state index in [1.807, 2.05) is 30.3 Å². The number of halogens is 1. The molecule has 2 N–H and O–H groups in total. The van der Waals surface area contributed by atoms with Gasteiger partial charge in [-0.3, -0.25) is 9.52 Å². The third-order valence-corrected chi connectivity index (χ3v) is 6.25. The minimum absolute atomic E-state index is 0.0879. The Balaban J connectivity index is 1.68. The summed E-state index contributed by atoms with van der Waals surface area (Å²) >= 11 is 0. The number of carbonyl (C=O) groups excluding carboxylic acids is 1. The largest absolute Gasteiger partial charge is 0.495 e. The number of amides is 1. The minimum Gasteiger partial charge on any atom is -0.495 e. The third-order valence-electron chi connectivity index (χ3n) is 4.88. The molecule has 0 bridgehead atoms. The molecule has 0 unspecified atom stereocenters. The van der Waals surface area contributed by atoms with Gasteiger partial charge in [-0.05, 0) is 41.8 Å². The molecule has 1 amide bonds. The topological polar surface area (TPSA) is 84.5 Å². The summed E-state index contributed by atoms with van der Waals surface area (Å²) in [7, 11) is -2.61. The SMILES string of the molecule is COc1ccc(S(=O)(=O)Nc2cccc3ccccc23)cc1NC(=O)c1ccccc1F. The van der Waals surface area contributed by atoms with E-state index in [-0.39, 0.29) is 21.9 Å². The third kappa shape index (κ3) is 4.26. The number of hydrogen-bond donors (Lipinski definition) is 2. The average molecular weight is 450 g/mol. The van der Waals surface area contributed by atoms with Gasteiger partial charge >= 0.3 is 0 Å². The molecule has 32 heavy (non-hydrogen) atoms. The van der Waals surface area contributed by atoms with Gasteiger partial charge < -0.3 is 10.1 Å². The van der Waals surface area contributed by atoms with Crippen LogP contribution in [0, 0.1) is 5.82 Å². The van der Waals surface area contributed by atoms with E-state index in [1.54, 1.807) is 12.1 Å². The number of ether oxygens (including phenoxy) is 1. The van der Waals surface area contributed by atoms with Gasteiger partial charge in [-0.25, -0.2) is 12.8 Å². The zero-order chi connectivity index (χ0) is 22.7. The number of rotatable bonds is 6. The fourth-order valence-electron chi connectivity index (χ4n) is 3.31. The van der Waals surface area contributed by atoms with Crippen molar-refractivity contribution in [3.05, 3.63) is 96.3 Å². The van der Waals surface area contributed by atoms with Crippen molar-refractivity contribution in [2.24, 2.45) is 0 Å². The van der Waals surface area contributed by atoms with Gasteiger partial charge in [0, 0.05) is 5.39 Å². The highest BCUT2D eigenvalue weighted by molar-refractivity contribution is 7.92. The van der Waals surface area contributed by atoms with E-state index in [9.17, 15) is 17.6 Å². The van der Waals surface area contributed by atoms with Crippen LogP contribution in [0.15, 0.2) is 89.8 Å². The lowest BCUT2D eigenvalue weighted by Gasteiger charge is -2.14. The van der Waals surface area contributed by atoms with E-state index >= 15 is 0 Å². The van der Waals surface area contributed by atoms with E-state index in [0.29, 0.717) is 5.69 Å². The van der Waals surface area contributed by atoms with Gasteiger partial charge in [0.15, 0.2) is 0 Å². The van der Waals surface area contributed by atoms with E-state index in [0.717, 1.165) is 10.8 Å². The summed E-state index contributed by atoms with van der Waals surface area (Å²) < 4.78 is 48.0. The van der Waals surface area contributed by atoms with Crippen molar-refractivity contribution in [3.8, 4) is 5.75 Å². The van der Waals surface area contributed by atoms with Gasteiger partial charge in [0.1, 0.15) is 11.6 Å². The Bertz CT molecular complexity index is 1420. The molecular weight excluding hydrogens is 431 g/mol. The molecule has 0 heterocycles. The molecule has 6 nitrogen and oxygen atoms in total. The highest BCUT2D eigenvalue weighted by atomic mass is 32.2. The molecule has 162 valence electrons. The van der Waals surface area contributed by atoms with Crippen molar-refractivity contribution in [1.82, 2.24) is 0 Å². The molecule has 0 fully saturated rings. The first-order chi connectivity index (χ1) is 15.4. The molecule has 4 aromatic carbocycles. The van der Waals surface area contributed by atoms with Crippen LogP contribution in [0.4, 0.5) is 15.8 Å². The molecule has 0 saturated carbocycles. The highest BCUT2D eigenvalue weighted by Crippen LogP contribution is 2.30. The summed E-state index contributed by atoms with van der Waals surface area (Å²) in [5.41, 5.74) is 0.356. The number of hydrogen-bond acceptors (Lipinski definition) is 4. The van der Waals surface area contributed by atoms with Crippen molar-refractivity contribution in [2.75, 3.05) is 17.1 Å². The van der Waals surface area contributed by atoms with Crippen LogP contribution in [-0.2, 0) is 10.0 Å².